The molecule has 1 aliphatic rings. The zero-order valence-corrected chi connectivity index (χ0v) is 13.9. The molecule has 0 radical (unpaired) electrons. The Labute approximate surface area is 150 Å². The van der Waals surface area contributed by atoms with E-state index in [4.69, 9.17) is 6.57 Å². The molecule has 0 unspecified atom stereocenters. The van der Waals surface area contributed by atoms with Gasteiger partial charge in [-0.05, 0) is 30.3 Å². The van der Waals surface area contributed by atoms with Gasteiger partial charge in [0.2, 0.25) is 5.91 Å². The Morgan fingerprint density at radius 1 is 1.19 bits per heavy atom. The van der Waals surface area contributed by atoms with Gasteiger partial charge < -0.3 is 9.88 Å². The molecule has 126 valence electrons. The Hall–Kier alpha value is -3.72. The summed E-state index contributed by atoms with van der Waals surface area (Å²) in [5.41, 5.74) is 3.71. The van der Waals surface area contributed by atoms with Crippen molar-refractivity contribution in [3.05, 3.63) is 71.8 Å². The molecule has 1 aliphatic heterocycles. The van der Waals surface area contributed by atoms with Gasteiger partial charge in [-0.1, -0.05) is 24.3 Å². The van der Waals surface area contributed by atoms with Crippen molar-refractivity contribution in [2.45, 2.75) is 13.0 Å². The second-order valence-corrected chi connectivity index (χ2v) is 5.85. The Kier molecular flexibility index (Phi) is 4.04. The lowest BCUT2D eigenvalue weighted by atomic mass is 10.3. The molecule has 0 spiro atoms. The summed E-state index contributed by atoms with van der Waals surface area (Å²) >= 11 is 0. The van der Waals surface area contributed by atoms with Gasteiger partial charge in [0.15, 0.2) is 11.5 Å². The first kappa shape index (κ1) is 15.8. The van der Waals surface area contributed by atoms with Gasteiger partial charge in [0.25, 0.3) is 0 Å². The van der Waals surface area contributed by atoms with Crippen LogP contribution in [0.1, 0.15) is 12.2 Å². The second-order valence-electron chi connectivity index (χ2n) is 5.85. The number of carbonyl (C=O) groups excluding carboxylic acids is 1. The summed E-state index contributed by atoms with van der Waals surface area (Å²) in [5, 5.41) is 2.87. The first-order valence-electron chi connectivity index (χ1n) is 8.20. The number of para-hydroxylation sites is 2. The fourth-order valence-corrected chi connectivity index (χ4v) is 2.91. The minimum atomic E-state index is -0.160. The molecule has 3 aromatic rings. The van der Waals surface area contributed by atoms with E-state index in [9.17, 15) is 4.79 Å². The Morgan fingerprint density at radius 3 is 2.73 bits per heavy atom. The molecule has 1 amide bonds. The minimum absolute atomic E-state index is 0.132. The third-order valence-corrected chi connectivity index (χ3v) is 4.11. The predicted molar refractivity (Wildman–Crippen MR) is 102 cm³/mol. The number of amides is 1. The van der Waals surface area contributed by atoms with Crippen LogP contribution < -0.4 is 5.32 Å². The van der Waals surface area contributed by atoms with Crippen LogP contribution >= 0.6 is 0 Å². The van der Waals surface area contributed by atoms with Gasteiger partial charge in [-0.3, -0.25) is 9.79 Å². The number of anilines is 1. The number of allylic oxidation sites excluding steroid dienone is 1. The highest BCUT2D eigenvalue weighted by molar-refractivity contribution is 5.93. The predicted octanol–water partition coefficient (Wildman–Crippen LogP) is 4.04. The maximum absolute atomic E-state index is 12.6. The van der Waals surface area contributed by atoms with Gasteiger partial charge in [0.05, 0.1) is 17.6 Å². The number of fused-ring (bicyclic) bond motifs is 1. The molecule has 1 aromatic heterocycles. The van der Waals surface area contributed by atoms with Crippen molar-refractivity contribution in [1.82, 2.24) is 9.55 Å². The molecule has 26 heavy (non-hydrogen) atoms. The first-order valence-corrected chi connectivity index (χ1v) is 8.20. The quantitative estimate of drug-likeness (QED) is 0.728. The van der Waals surface area contributed by atoms with Gasteiger partial charge in [0, 0.05) is 18.3 Å². The zero-order valence-electron chi connectivity index (χ0n) is 13.9. The van der Waals surface area contributed by atoms with E-state index < -0.39 is 0 Å². The van der Waals surface area contributed by atoms with Crippen LogP contribution in [0.4, 0.5) is 11.4 Å². The molecular weight excluding hydrogens is 326 g/mol. The molecule has 0 aliphatic carbocycles. The van der Waals surface area contributed by atoms with Crippen LogP contribution in [0.5, 0.6) is 0 Å². The standard InChI is InChI=1S/C20H15N5O/c1-21-14-8-10-15(11-9-14)23-19(26)13-25-18-7-3-2-5-16(18)24-20(25)17-6-4-12-22-17/h2-3,5-12H,4,13H2,(H,23,26). The van der Waals surface area contributed by atoms with Crippen molar-refractivity contribution in [2.75, 3.05) is 5.32 Å². The summed E-state index contributed by atoms with van der Waals surface area (Å²) in [5.74, 6) is 0.533. The molecule has 6 heteroatoms. The average molecular weight is 341 g/mol. The Bertz CT molecular complexity index is 1080. The SMILES string of the molecule is [C-]#[N+]c1ccc(NC(=O)Cn2c(C3=CCC=N3)nc3ccccc32)cc1. The van der Waals surface area contributed by atoms with E-state index in [1.54, 1.807) is 24.3 Å². The summed E-state index contributed by atoms with van der Waals surface area (Å²) in [6.45, 7) is 7.11. The fraction of sp³-hybridized carbons (Fsp3) is 0.100. The van der Waals surface area contributed by atoms with E-state index in [-0.39, 0.29) is 12.5 Å². The van der Waals surface area contributed by atoms with Crippen molar-refractivity contribution in [1.29, 1.82) is 0 Å². The molecule has 1 N–H and O–H groups in total. The molecule has 2 heterocycles. The van der Waals surface area contributed by atoms with Crippen molar-refractivity contribution in [3.8, 4) is 0 Å². The molecule has 0 saturated carbocycles. The van der Waals surface area contributed by atoms with Crippen molar-refractivity contribution < 1.29 is 4.79 Å². The maximum Gasteiger partial charge on any atom is 0.244 e. The minimum Gasteiger partial charge on any atom is -0.325 e. The topological polar surface area (TPSA) is 63.6 Å². The van der Waals surface area contributed by atoms with E-state index in [0.717, 1.165) is 23.2 Å². The molecule has 0 bridgehead atoms. The summed E-state index contributed by atoms with van der Waals surface area (Å²) in [7, 11) is 0. The molecular formula is C20H15N5O. The first-order chi connectivity index (χ1) is 12.7. The van der Waals surface area contributed by atoms with E-state index >= 15 is 0 Å². The lowest BCUT2D eigenvalue weighted by molar-refractivity contribution is -0.116. The van der Waals surface area contributed by atoms with E-state index in [1.807, 2.05) is 41.1 Å². The van der Waals surface area contributed by atoms with Crippen LogP contribution in [0.25, 0.3) is 21.6 Å². The Morgan fingerprint density at radius 2 is 2.00 bits per heavy atom. The van der Waals surface area contributed by atoms with Gasteiger partial charge in [-0.2, -0.15) is 0 Å². The average Bonchev–Trinajstić information content (AvgIpc) is 3.31. The maximum atomic E-state index is 12.6. The van der Waals surface area contributed by atoms with Crippen LogP contribution in [0, 0.1) is 6.57 Å². The normalized spacial score (nSPS) is 12.8. The van der Waals surface area contributed by atoms with E-state index in [1.165, 1.54) is 0 Å². The summed E-state index contributed by atoms with van der Waals surface area (Å²) in [6.07, 6.45) is 4.61. The van der Waals surface area contributed by atoms with Crippen LogP contribution in [0.15, 0.2) is 59.6 Å². The van der Waals surface area contributed by atoms with Gasteiger partial charge in [-0.25, -0.2) is 9.83 Å². The monoisotopic (exact) mass is 341 g/mol. The van der Waals surface area contributed by atoms with Gasteiger partial charge in [0.1, 0.15) is 12.2 Å². The third-order valence-electron chi connectivity index (χ3n) is 4.11. The van der Waals surface area contributed by atoms with Crippen LogP contribution in [-0.2, 0) is 11.3 Å². The summed E-state index contributed by atoms with van der Waals surface area (Å²) < 4.78 is 1.88. The third kappa shape index (κ3) is 2.98. The molecule has 0 saturated heterocycles. The number of nitrogens with one attached hydrogen (secondary N) is 1. The van der Waals surface area contributed by atoms with Crippen molar-refractivity contribution >= 4 is 40.2 Å². The van der Waals surface area contributed by atoms with E-state index in [2.05, 4.69) is 20.1 Å². The number of carbonyl (C=O) groups is 1. The second kappa shape index (κ2) is 6.65. The highest BCUT2D eigenvalue weighted by Crippen LogP contribution is 2.25. The van der Waals surface area contributed by atoms with Gasteiger partial charge >= 0.3 is 0 Å². The number of hydrogen-bond acceptors (Lipinski definition) is 3. The number of aromatic nitrogens is 2. The number of benzene rings is 2. The smallest absolute Gasteiger partial charge is 0.244 e. The summed E-state index contributed by atoms with van der Waals surface area (Å²) in [4.78, 5) is 24.9. The molecule has 0 atom stereocenters. The van der Waals surface area contributed by atoms with Crippen LogP contribution in [-0.4, -0.2) is 21.7 Å². The highest BCUT2D eigenvalue weighted by Gasteiger charge is 2.17. The zero-order chi connectivity index (χ0) is 17.9. The number of aliphatic imine (C=N–C) groups is 1. The number of hydrogen-bond donors (Lipinski definition) is 1. The number of imidazole rings is 1. The van der Waals surface area contributed by atoms with Crippen LogP contribution in [0.3, 0.4) is 0 Å². The molecule has 2 aromatic carbocycles. The van der Waals surface area contributed by atoms with E-state index in [0.29, 0.717) is 17.2 Å². The molecule has 4 rings (SSSR count). The van der Waals surface area contributed by atoms with Crippen molar-refractivity contribution in [2.24, 2.45) is 4.99 Å². The molecule has 0 fully saturated rings. The lowest BCUT2D eigenvalue weighted by Crippen LogP contribution is -2.19. The Balaban J connectivity index is 1.63. The lowest BCUT2D eigenvalue weighted by Gasteiger charge is -2.10. The number of rotatable bonds is 4. The molecule has 6 nitrogen and oxygen atoms in total. The van der Waals surface area contributed by atoms with Crippen LogP contribution in [0.2, 0.25) is 0 Å². The highest BCUT2D eigenvalue weighted by atomic mass is 16.1. The fourth-order valence-electron chi connectivity index (χ4n) is 2.91. The number of nitrogens with zero attached hydrogens (tertiary/aromatic N) is 4. The van der Waals surface area contributed by atoms with Crippen molar-refractivity contribution in [3.63, 3.8) is 0 Å². The largest absolute Gasteiger partial charge is 0.325 e. The van der Waals surface area contributed by atoms with Gasteiger partial charge in [-0.15, -0.1) is 0 Å². The summed E-state index contributed by atoms with van der Waals surface area (Å²) in [6, 6.07) is 14.5.